The number of nitrogens with zero attached hydrogens (tertiary/aromatic N) is 4. The van der Waals surface area contributed by atoms with E-state index >= 15 is 0 Å². The molecular weight excluding hydrogens is 338 g/mol. The number of rotatable bonds is 5. The SMILES string of the molecule is NC(=O)c1ccc(-c2nc(CN3CCCCC3)n(-c3ccccc3)n2)cc1. The lowest BCUT2D eigenvalue weighted by molar-refractivity contribution is 0.100. The number of carbonyl (C=O) groups is 1. The number of likely N-dealkylation sites (tertiary alicyclic amines) is 1. The van der Waals surface area contributed by atoms with Crippen molar-refractivity contribution in [2.24, 2.45) is 5.73 Å². The van der Waals surface area contributed by atoms with E-state index in [1.807, 2.05) is 47.1 Å². The fourth-order valence-corrected chi connectivity index (χ4v) is 3.45. The van der Waals surface area contributed by atoms with Crippen LogP contribution in [0.25, 0.3) is 17.1 Å². The highest BCUT2D eigenvalue weighted by Crippen LogP contribution is 2.21. The van der Waals surface area contributed by atoms with Gasteiger partial charge in [-0.3, -0.25) is 9.69 Å². The molecule has 27 heavy (non-hydrogen) atoms. The van der Waals surface area contributed by atoms with Crippen molar-refractivity contribution in [2.45, 2.75) is 25.8 Å². The van der Waals surface area contributed by atoms with Gasteiger partial charge in [-0.05, 0) is 50.2 Å². The topological polar surface area (TPSA) is 77.0 Å². The van der Waals surface area contributed by atoms with Crippen molar-refractivity contribution in [1.82, 2.24) is 19.7 Å². The molecule has 1 aromatic heterocycles. The quantitative estimate of drug-likeness (QED) is 0.758. The second-order valence-corrected chi connectivity index (χ2v) is 6.88. The van der Waals surface area contributed by atoms with Crippen LogP contribution in [0, 0.1) is 0 Å². The van der Waals surface area contributed by atoms with Gasteiger partial charge < -0.3 is 5.73 Å². The Morgan fingerprint density at radius 1 is 0.963 bits per heavy atom. The first-order chi connectivity index (χ1) is 13.2. The first kappa shape index (κ1) is 17.4. The molecule has 0 spiro atoms. The highest BCUT2D eigenvalue weighted by molar-refractivity contribution is 5.93. The van der Waals surface area contributed by atoms with E-state index in [1.165, 1.54) is 19.3 Å². The molecule has 2 aromatic carbocycles. The Kier molecular flexibility index (Phi) is 4.98. The van der Waals surface area contributed by atoms with Gasteiger partial charge in [0.05, 0.1) is 12.2 Å². The van der Waals surface area contributed by atoms with Gasteiger partial charge in [0.2, 0.25) is 5.91 Å². The fourth-order valence-electron chi connectivity index (χ4n) is 3.45. The molecule has 0 atom stereocenters. The molecule has 1 fully saturated rings. The van der Waals surface area contributed by atoms with Gasteiger partial charge in [-0.2, -0.15) is 0 Å². The molecule has 2 N–H and O–H groups in total. The van der Waals surface area contributed by atoms with Crippen LogP contribution >= 0.6 is 0 Å². The van der Waals surface area contributed by atoms with Gasteiger partial charge in [0, 0.05) is 11.1 Å². The minimum absolute atomic E-state index is 0.435. The van der Waals surface area contributed by atoms with Crippen molar-refractivity contribution < 1.29 is 4.79 Å². The minimum atomic E-state index is -0.435. The van der Waals surface area contributed by atoms with Gasteiger partial charge in [0.1, 0.15) is 5.82 Å². The average molecular weight is 361 g/mol. The molecule has 0 unspecified atom stereocenters. The molecule has 1 aliphatic rings. The van der Waals surface area contributed by atoms with Crippen LogP contribution in [-0.2, 0) is 6.54 Å². The van der Waals surface area contributed by atoms with Gasteiger partial charge in [0.15, 0.2) is 5.82 Å². The zero-order valence-corrected chi connectivity index (χ0v) is 15.2. The molecule has 2 heterocycles. The van der Waals surface area contributed by atoms with Crippen molar-refractivity contribution in [3.63, 3.8) is 0 Å². The van der Waals surface area contributed by atoms with E-state index < -0.39 is 5.91 Å². The molecule has 4 rings (SSSR count). The molecule has 1 saturated heterocycles. The summed E-state index contributed by atoms with van der Waals surface area (Å²) in [4.78, 5) is 18.6. The summed E-state index contributed by atoms with van der Waals surface area (Å²) in [6.07, 6.45) is 3.78. The number of nitrogens with two attached hydrogens (primary N) is 1. The van der Waals surface area contributed by atoms with Crippen LogP contribution < -0.4 is 5.73 Å². The molecule has 6 nitrogen and oxygen atoms in total. The zero-order valence-electron chi connectivity index (χ0n) is 15.2. The number of amides is 1. The summed E-state index contributed by atoms with van der Waals surface area (Å²) in [5.74, 6) is 1.15. The smallest absolute Gasteiger partial charge is 0.248 e. The van der Waals surface area contributed by atoms with Crippen LogP contribution in [-0.4, -0.2) is 38.7 Å². The summed E-state index contributed by atoms with van der Waals surface area (Å²) < 4.78 is 1.92. The molecule has 3 aromatic rings. The van der Waals surface area contributed by atoms with Crippen molar-refractivity contribution >= 4 is 5.91 Å². The molecule has 0 aliphatic carbocycles. The van der Waals surface area contributed by atoms with Crippen LogP contribution in [0.3, 0.4) is 0 Å². The number of hydrogen-bond donors (Lipinski definition) is 1. The number of primary amides is 1. The van der Waals surface area contributed by atoms with Crippen LogP contribution in [0.1, 0.15) is 35.4 Å². The number of piperidine rings is 1. The lowest BCUT2D eigenvalue weighted by atomic mass is 10.1. The van der Waals surface area contributed by atoms with E-state index in [0.717, 1.165) is 36.7 Å². The Hall–Kier alpha value is -2.99. The number of para-hydroxylation sites is 1. The maximum absolute atomic E-state index is 11.3. The van der Waals surface area contributed by atoms with E-state index in [1.54, 1.807) is 12.1 Å². The van der Waals surface area contributed by atoms with Crippen molar-refractivity contribution in [1.29, 1.82) is 0 Å². The Balaban J connectivity index is 1.69. The van der Waals surface area contributed by atoms with Crippen molar-refractivity contribution in [2.75, 3.05) is 13.1 Å². The number of hydrogen-bond acceptors (Lipinski definition) is 4. The average Bonchev–Trinajstić information content (AvgIpc) is 3.13. The molecule has 1 aliphatic heterocycles. The van der Waals surface area contributed by atoms with Crippen molar-refractivity contribution in [3.8, 4) is 17.1 Å². The molecule has 0 saturated carbocycles. The van der Waals surface area contributed by atoms with E-state index in [0.29, 0.717) is 11.4 Å². The highest BCUT2D eigenvalue weighted by Gasteiger charge is 2.18. The second-order valence-electron chi connectivity index (χ2n) is 6.88. The van der Waals surface area contributed by atoms with Gasteiger partial charge in [-0.1, -0.05) is 36.8 Å². The van der Waals surface area contributed by atoms with Gasteiger partial charge in [-0.15, -0.1) is 5.10 Å². The van der Waals surface area contributed by atoms with Gasteiger partial charge in [0.25, 0.3) is 0 Å². The number of carbonyl (C=O) groups excluding carboxylic acids is 1. The normalized spacial score (nSPS) is 15.0. The monoisotopic (exact) mass is 361 g/mol. The van der Waals surface area contributed by atoms with E-state index in [9.17, 15) is 4.79 Å². The Morgan fingerprint density at radius 3 is 2.33 bits per heavy atom. The molecule has 1 amide bonds. The van der Waals surface area contributed by atoms with Gasteiger partial charge in [-0.25, -0.2) is 9.67 Å². The summed E-state index contributed by atoms with van der Waals surface area (Å²) in [5, 5.41) is 4.75. The standard InChI is InChI=1S/C21H23N5O/c22-20(27)16-9-11-17(12-10-16)21-23-19(15-25-13-5-2-6-14-25)26(24-21)18-7-3-1-4-8-18/h1,3-4,7-12H,2,5-6,13-15H2,(H2,22,27). The molecule has 0 bridgehead atoms. The van der Waals surface area contributed by atoms with Crippen LogP contribution in [0.5, 0.6) is 0 Å². The number of benzene rings is 2. The number of aromatic nitrogens is 3. The van der Waals surface area contributed by atoms with Crippen LogP contribution in [0.2, 0.25) is 0 Å². The maximum Gasteiger partial charge on any atom is 0.248 e. The summed E-state index contributed by atoms with van der Waals surface area (Å²) in [7, 11) is 0. The van der Waals surface area contributed by atoms with E-state index in [4.69, 9.17) is 15.8 Å². The van der Waals surface area contributed by atoms with Gasteiger partial charge >= 0.3 is 0 Å². The predicted molar refractivity (Wildman–Crippen MR) is 104 cm³/mol. The fraction of sp³-hybridized carbons (Fsp3) is 0.286. The molecular formula is C21H23N5O. The Bertz CT molecular complexity index is 912. The Morgan fingerprint density at radius 2 is 1.67 bits per heavy atom. The highest BCUT2D eigenvalue weighted by atomic mass is 16.1. The largest absolute Gasteiger partial charge is 0.366 e. The predicted octanol–water partition coefficient (Wildman–Crippen LogP) is 3.02. The summed E-state index contributed by atoms with van der Waals surface area (Å²) in [6, 6.07) is 17.2. The summed E-state index contributed by atoms with van der Waals surface area (Å²) in [6.45, 7) is 2.98. The Labute approximate surface area is 158 Å². The molecule has 0 radical (unpaired) electrons. The third-order valence-electron chi connectivity index (χ3n) is 4.92. The van der Waals surface area contributed by atoms with E-state index in [2.05, 4.69) is 4.90 Å². The zero-order chi connectivity index (χ0) is 18.6. The van der Waals surface area contributed by atoms with E-state index in [-0.39, 0.29) is 0 Å². The lowest BCUT2D eigenvalue weighted by Gasteiger charge is -2.25. The second kappa shape index (κ2) is 7.72. The first-order valence-electron chi connectivity index (χ1n) is 9.35. The van der Waals surface area contributed by atoms with Crippen LogP contribution in [0.15, 0.2) is 54.6 Å². The third kappa shape index (κ3) is 3.90. The lowest BCUT2D eigenvalue weighted by Crippen LogP contribution is -2.30. The maximum atomic E-state index is 11.3. The first-order valence-corrected chi connectivity index (χ1v) is 9.35. The molecule has 6 heteroatoms. The van der Waals surface area contributed by atoms with Crippen molar-refractivity contribution in [3.05, 3.63) is 66.0 Å². The summed E-state index contributed by atoms with van der Waals surface area (Å²) >= 11 is 0. The van der Waals surface area contributed by atoms with Crippen LogP contribution in [0.4, 0.5) is 0 Å². The molecule has 138 valence electrons. The minimum Gasteiger partial charge on any atom is -0.366 e. The third-order valence-corrected chi connectivity index (χ3v) is 4.92. The summed E-state index contributed by atoms with van der Waals surface area (Å²) in [5.41, 5.74) is 7.68.